The van der Waals surface area contributed by atoms with Crippen LogP contribution in [-0.4, -0.2) is 25.4 Å². The lowest BCUT2D eigenvalue weighted by atomic mass is 10.1. The summed E-state index contributed by atoms with van der Waals surface area (Å²) < 4.78 is 133. The minimum absolute atomic E-state index is 0.0409. The summed E-state index contributed by atoms with van der Waals surface area (Å²) in [5.41, 5.74) is -2.66. The summed E-state index contributed by atoms with van der Waals surface area (Å²) >= 11 is 0. The van der Waals surface area contributed by atoms with Crippen molar-refractivity contribution in [1.29, 1.82) is 0 Å². The quantitative estimate of drug-likeness (QED) is 0.137. The van der Waals surface area contributed by atoms with Crippen LogP contribution in [0.15, 0.2) is 0 Å². The predicted molar refractivity (Wildman–Crippen MR) is 83.0 cm³/mol. The van der Waals surface area contributed by atoms with Crippen LogP contribution >= 0.6 is 0 Å². The van der Waals surface area contributed by atoms with Gasteiger partial charge in [-0.25, -0.2) is 22.0 Å². The van der Waals surface area contributed by atoms with Crippen molar-refractivity contribution in [2.24, 2.45) is 0 Å². The molecule has 0 aliphatic heterocycles. The molecule has 11 heteroatoms. The molecule has 0 aliphatic carbocycles. The van der Waals surface area contributed by atoms with Crippen LogP contribution in [0, 0.1) is 30.2 Å². The maximum atomic E-state index is 14.2. The van der Waals surface area contributed by atoms with Gasteiger partial charge in [0.2, 0.25) is 0 Å². The van der Waals surface area contributed by atoms with Gasteiger partial charge in [-0.1, -0.05) is 19.3 Å². The second-order valence-electron chi connectivity index (χ2n) is 6.41. The molecule has 1 aromatic carbocycles. The van der Waals surface area contributed by atoms with E-state index in [1.807, 2.05) is 0 Å². The van der Waals surface area contributed by atoms with Crippen LogP contribution in [-0.2, 0) is 0 Å². The van der Waals surface area contributed by atoms with Gasteiger partial charge in [0.25, 0.3) is 0 Å². The zero-order chi connectivity index (χ0) is 21.9. The van der Waals surface area contributed by atoms with Crippen LogP contribution in [0.4, 0.5) is 49.6 Å². The Bertz CT molecular complexity index is 642. The van der Waals surface area contributed by atoms with Crippen LogP contribution < -0.4 is 4.90 Å². The van der Waals surface area contributed by atoms with Gasteiger partial charge in [0.05, 0.1) is 0 Å². The van der Waals surface area contributed by atoms with E-state index in [9.17, 15) is 43.9 Å². The number of unbranched alkanes of at least 4 members (excludes halogenated alkanes) is 3. The van der Waals surface area contributed by atoms with Gasteiger partial charge >= 0.3 is 12.2 Å². The number of nitrogens with zero attached hydrogens (tertiary/aromatic N) is 1. The number of hydrogen-bond acceptors (Lipinski definition) is 1. The summed E-state index contributed by atoms with van der Waals surface area (Å²) in [6, 6.07) is -4.47. The predicted octanol–water partition coefficient (Wildman–Crippen LogP) is 6.82. The zero-order valence-electron chi connectivity index (χ0n) is 15.0. The first-order chi connectivity index (χ1) is 12.7. The van der Waals surface area contributed by atoms with Gasteiger partial charge in [-0.2, -0.15) is 22.0 Å². The Balaban J connectivity index is 2.79. The molecule has 0 aliphatic rings. The van der Waals surface area contributed by atoms with Gasteiger partial charge in [0.1, 0.15) is 5.69 Å². The van der Waals surface area contributed by atoms with Crippen molar-refractivity contribution in [1.82, 2.24) is 0 Å². The molecule has 0 aromatic heterocycles. The molecule has 0 bridgehead atoms. The second-order valence-corrected chi connectivity index (χ2v) is 6.41. The third-order valence-electron chi connectivity index (χ3n) is 4.29. The molecule has 1 aromatic rings. The fourth-order valence-corrected chi connectivity index (χ4v) is 2.57. The highest BCUT2D eigenvalue weighted by Gasteiger charge is 2.46. The molecular weight excluding hydrogens is 408 g/mol. The number of rotatable bonds is 9. The summed E-state index contributed by atoms with van der Waals surface area (Å²) in [5.74, 6) is -8.07. The third-order valence-corrected chi connectivity index (χ3v) is 4.29. The number of benzene rings is 1. The average molecular weight is 427 g/mol. The molecule has 1 nitrogen and oxygen atoms in total. The molecule has 0 N–H and O–H groups in total. The molecule has 0 amide bonds. The van der Waals surface area contributed by atoms with Crippen molar-refractivity contribution in [3.05, 3.63) is 28.8 Å². The molecule has 0 heterocycles. The largest absolute Gasteiger partial charge is 0.389 e. The molecule has 28 heavy (non-hydrogen) atoms. The SMILES string of the molecule is Cc1c(F)c(F)c(F)c(N(C)C(F)(F)C(F)CCCCCCC(F)(F)F)c1F. The van der Waals surface area contributed by atoms with Crippen molar-refractivity contribution in [3.8, 4) is 0 Å². The smallest absolute Gasteiger partial charge is 0.309 e. The lowest BCUT2D eigenvalue weighted by Crippen LogP contribution is -2.47. The van der Waals surface area contributed by atoms with E-state index in [1.54, 1.807) is 0 Å². The molecule has 1 atom stereocenters. The first kappa shape index (κ1) is 24.4. The second kappa shape index (κ2) is 9.21. The van der Waals surface area contributed by atoms with Crippen molar-refractivity contribution >= 4 is 5.69 Å². The maximum absolute atomic E-state index is 14.2. The Labute approximate surface area is 155 Å². The standard InChI is InChI=1S/C17H19F10N/c1-9-11(19)13(21)14(22)15(12(9)20)28(2)17(26,27)10(18)7-5-3-4-6-8-16(23,24)25/h10H,3-8H2,1-2H3. The highest BCUT2D eigenvalue weighted by atomic mass is 19.4. The molecule has 0 saturated heterocycles. The number of anilines is 1. The van der Waals surface area contributed by atoms with Gasteiger partial charge in [-0.05, 0) is 19.8 Å². The van der Waals surface area contributed by atoms with Gasteiger partial charge in [0, 0.05) is 19.0 Å². The molecule has 0 spiro atoms. The van der Waals surface area contributed by atoms with E-state index in [1.165, 1.54) is 0 Å². The summed E-state index contributed by atoms with van der Waals surface area (Å²) in [7, 11) is 0.425. The highest BCUT2D eigenvalue weighted by Crippen LogP contribution is 2.38. The van der Waals surface area contributed by atoms with Crippen LogP contribution in [0.25, 0.3) is 0 Å². The Kier molecular flexibility index (Phi) is 8.01. The summed E-state index contributed by atoms with van der Waals surface area (Å²) in [6.07, 6.45) is -9.45. The molecule has 162 valence electrons. The number of hydrogen-bond donors (Lipinski definition) is 0. The third kappa shape index (κ3) is 5.66. The topological polar surface area (TPSA) is 3.24 Å². The molecule has 1 rings (SSSR count). The van der Waals surface area contributed by atoms with Crippen molar-refractivity contribution in [3.63, 3.8) is 0 Å². The maximum Gasteiger partial charge on any atom is 0.389 e. The minimum Gasteiger partial charge on any atom is -0.309 e. The fourth-order valence-electron chi connectivity index (χ4n) is 2.57. The van der Waals surface area contributed by atoms with E-state index in [-0.39, 0.29) is 25.7 Å². The summed E-state index contributed by atoms with van der Waals surface area (Å²) in [4.78, 5) is -0.443. The van der Waals surface area contributed by atoms with Gasteiger partial charge in [0.15, 0.2) is 29.4 Å². The van der Waals surface area contributed by atoms with E-state index in [2.05, 4.69) is 0 Å². The molecular formula is C17H19F10N. The average Bonchev–Trinajstić information content (AvgIpc) is 2.60. The normalized spacial score (nSPS) is 13.7. The number of alkyl halides is 6. The van der Waals surface area contributed by atoms with Gasteiger partial charge in [-0.3, -0.25) is 0 Å². The van der Waals surface area contributed by atoms with Crippen LogP contribution in [0.3, 0.4) is 0 Å². The monoisotopic (exact) mass is 427 g/mol. The summed E-state index contributed by atoms with van der Waals surface area (Å²) in [6.45, 7) is 0.705. The molecule has 0 fully saturated rings. The minimum atomic E-state index is -4.47. The zero-order valence-corrected chi connectivity index (χ0v) is 15.0. The molecule has 0 saturated carbocycles. The fraction of sp³-hybridized carbons (Fsp3) is 0.647. The van der Waals surface area contributed by atoms with E-state index in [0.29, 0.717) is 14.0 Å². The summed E-state index contributed by atoms with van der Waals surface area (Å²) in [5, 5.41) is 0. The molecule has 0 radical (unpaired) electrons. The lowest BCUT2D eigenvalue weighted by Gasteiger charge is -2.32. The van der Waals surface area contributed by atoms with Gasteiger partial charge in [-0.15, -0.1) is 0 Å². The van der Waals surface area contributed by atoms with Gasteiger partial charge < -0.3 is 4.90 Å². The lowest BCUT2D eigenvalue weighted by molar-refractivity contribution is -0.135. The van der Waals surface area contributed by atoms with E-state index < -0.39 is 70.7 Å². The van der Waals surface area contributed by atoms with Crippen LogP contribution in [0.2, 0.25) is 0 Å². The molecule has 1 unspecified atom stereocenters. The van der Waals surface area contributed by atoms with Crippen molar-refractivity contribution < 1.29 is 43.9 Å². The van der Waals surface area contributed by atoms with Crippen LogP contribution in [0.1, 0.15) is 44.1 Å². The van der Waals surface area contributed by atoms with Crippen LogP contribution in [0.5, 0.6) is 0 Å². The Morgan fingerprint density at radius 3 is 1.86 bits per heavy atom. The highest BCUT2D eigenvalue weighted by molar-refractivity contribution is 5.53. The van der Waals surface area contributed by atoms with E-state index >= 15 is 0 Å². The van der Waals surface area contributed by atoms with E-state index in [0.717, 1.165) is 0 Å². The Morgan fingerprint density at radius 1 is 0.786 bits per heavy atom. The van der Waals surface area contributed by atoms with E-state index in [4.69, 9.17) is 0 Å². The number of halogens is 10. The van der Waals surface area contributed by atoms with Crippen molar-refractivity contribution in [2.45, 2.75) is 63.8 Å². The first-order valence-electron chi connectivity index (χ1n) is 8.36. The Morgan fingerprint density at radius 2 is 1.32 bits per heavy atom. The first-order valence-corrected chi connectivity index (χ1v) is 8.36. The van der Waals surface area contributed by atoms with Crippen molar-refractivity contribution in [2.75, 3.05) is 11.9 Å². The Hall–Kier alpha value is -1.68.